The summed E-state index contributed by atoms with van der Waals surface area (Å²) in [6, 6.07) is 10.5. The second kappa shape index (κ2) is 9.42. The molecule has 1 N–H and O–H groups in total. The topological polar surface area (TPSA) is 38.3 Å². The van der Waals surface area contributed by atoms with Crippen LogP contribution >= 0.6 is 0 Å². The summed E-state index contributed by atoms with van der Waals surface area (Å²) in [5, 5.41) is 3.33. The van der Waals surface area contributed by atoms with E-state index in [1.807, 2.05) is 6.07 Å². The molecule has 0 radical (unpaired) electrons. The van der Waals surface area contributed by atoms with Gasteiger partial charge in [-0.05, 0) is 37.9 Å². The number of ether oxygens (including phenoxy) is 1. The van der Waals surface area contributed by atoms with Crippen molar-refractivity contribution < 1.29 is 9.53 Å². The molecule has 0 amide bonds. The van der Waals surface area contributed by atoms with Gasteiger partial charge in [0.25, 0.3) is 0 Å². The van der Waals surface area contributed by atoms with Crippen molar-refractivity contribution in [3.05, 3.63) is 48.6 Å². The van der Waals surface area contributed by atoms with Crippen LogP contribution in [0.5, 0.6) is 0 Å². The van der Waals surface area contributed by atoms with E-state index in [1.165, 1.54) is 11.6 Å². The number of esters is 1. The second-order valence-corrected chi connectivity index (χ2v) is 4.06. The summed E-state index contributed by atoms with van der Waals surface area (Å²) < 4.78 is 4.87. The summed E-state index contributed by atoms with van der Waals surface area (Å²) in [5.41, 5.74) is 1.37. The molecule has 0 aliphatic rings. The predicted octanol–water partition coefficient (Wildman–Crippen LogP) is 2.33. The summed E-state index contributed by atoms with van der Waals surface area (Å²) in [4.78, 5) is 10.7. The van der Waals surface area contributed by atoms with E-state index in [9.17, 15) is 4.79 Å². The van der Waals surface area contributed by atoms with Gasteiger partial charge in [-0.15, -0.1) is 0 Å². The zero-order valence-electron chi connectivity index (χ0n) is 10.7. The van der Waals surface area contributed by atoms with Crippen LogP contribution in [-0.2, 0) is 16.0 Å². The summed E-state index contributed by atoms with van der Waals surface area (Å²) in [7, 11) is 0. The standard InChI is InChI=1S/C15H21NO2/c1-2-15(17)18-13-7-12-16-11-6-10-14-8-4-3-5-9-14/h2-5,8-9,16H,1,6-7,10-13H2. The molecule has 0 atom stereocenters. The van der Waals surface area contributed by atoms with E-state index in [0.717, 1.165) is 32.4 Å². The van der Waals surface area contributed by atoms with Gasteiger partial charge in [0, 0.05) is 6.08 Å². The molecule has 0 aromatic heterocycles. The van der Waals surface area contributed by atoms with E-state index in [-0.39, 0.29) is 5.97 Å². The van der Waals surface area contributed by atoms with Crippen molar-refractivity contribution in [1.29, 1.82) is 0 Å². The van der Waals surface area contributed by atoms with E-state index >= 15 is 0 Å². The molecule has 0 fully saturated rings. The van der Waals surface area contributed by atoms with Gasteiger partial charge in [0.05, 0.1) is 6.61 Å². The lowest BCUT2D eigenvalue weighted by molar-refractivity contribution is -0.137. The highest BCUT2D eigenvalue weighted by atomic mass is 16.5. The van der Waals surface area contributed by atoms with Crippen molar-refractivity contribution in [1.82, 2.24) is 5.32 Å². The van der Waals surface area contributed by atoms with Gasteiger partial charge in [-0.2, -0.15) is 0 Å². The molecule has 0 aliphatic carbocycles. The predicted molar refractivity (Wildman–Crippen MR) is 73.4 cm³/mol. The van der Waals surface area contributed by atoms with Crippen molar-refractivity contribution >= 4 is 5.97 Å². The number of nitrogens with one attached hydrogen (secondary N) is 1. The molecule has 0 bridgehead atoms. The molecule has 0 unspecified atom stereocenters. The molecule has 1 rings (SSSR count). The minimum atomic E-state index is -0.348. The van der Waals surface area contributed by atoms with Crippen LogP contribution in [0.15, 0.2) is 43.0 Å². The normalized spacial score (nSPS) is 10.0. The highest BCUT2D eigenvalue weighted by Gasteiger charge is 1.95. The lowest BCUT2D eigenvalue weighted by atomic mass is 10.1. The first kappa shape index (κ1) is 14.5. The molecule has 3 heteroatoms. The van der Waals surface area contributed by atoms with Crippen LogP contribution in [0.1, 0.15) is 18.4 Å². The van der Waals surface area contributed by atoms with E-state index in [2.05, 4.69) is 36.2 Å². The van der Waals surface area contributed by atoms with E-state index in [4.69, 9.17) is 4.74 Å². The zero-order valence-corrected chi connectivity index (χ0v) is 10.7. The van der Waals surface area contributed by atoms with Gasteiger partial charge in [0.1, 0.15) is 0 Å². The number of hydrogen-bond acceptors (Lipinski definition) is 3. The van der Waals surface area contributed by atoms with Crippen LogP contribution in [0.25, 0.3) is 0 Å². The van der Waals surface area contributed by atoms with Gasteiger partial charge in [-0.1, -0.05) is 36.9 Å². The number of aryl methyl sites for hydroxylation is 1. The molecule has 3 nitrogen and oxygen atoms in total. The maximum Gasteiger partial charge on any atom is 0.330 e. The van der Waals surface area contributed by atoms with Crippen molar-refractivity contribution in [2.75, 3.05) is 19.7 Å². The third kappa shape index (κ3) is 6.86. The third-order valence-electron chi connectivity index (χ3n) is 2.57. The Morgan fingerprint density at radius 2 is 1.94 bits per heavy atom. The molecular formula is C15H21NO2. The Morgan fingerprint density at radius 1 is 1.22 bits per heavy atom. The number of benzene rings is 1. The van der Waals surface area contributed by atoms with Crippen LogP contribution in [0, 0.1) is 0 Å². The molecule has 98 valence electrons. The van der Waals surface area contributed by atoms with Crippen molar-refractivity contribution in [3.63, 3.8) is 0 Å². The summed E-state index contributed by atoms with van der Waals surface area (Å²) in [6.07, 6.45) is 4.24. The van der Waals surface area contributed by atoms with Crippen LogP contribution in [-0.4, -0.2) is 25.7 Å². The average Bonchev–Trinajstić information content (AvgIpc) is 2.42. The zero-order chi connectivity index (χ0) is 13.1. The van der Waals surface area contributed by atoms with Crippen LogP contribution in [0.3, 0.4) is 0 Å². The maximum atomic E-state index is 10.7. The summed E-state index contributed by atoms with van der Waals surface area (Å²) in [5.74, 6) is -0.348. The number of carbonyl (C=O) groups excluding carboxylic acids is 1. The Kier molecular flexibility index (Phi) is 7.57. The first-order chi connectivity index (χ1) is 8.83. The molecule has 1 aromatic rings. The first-order valence-corrected chi connectivity index (χ1v) is 6.37. The fourth-order valence-corrected chi connectivity index (χ4v) is 1.62. The molecular weight excluding hydrogens is 226 g/mol. The molecule has 0 spiro atoms. The monoisotopic (exact) mass is 247 g/mol. The minimum absolute atomic E-state index is 0.348. The fourth-order valence-electron chi connectivity index (χ4n) is 1.62. The molecule has 0 saturated heterocycles. The minimum Gasteiger partial charge on any atom is -0.462 e. The van der Waals surface area contributed by atoms with Gasteiger partial charge in [0.15, 0.2) is 0 Å². The molecule has 1 aromatic carbocycles. The van der Waals surface area contributed by atoms with Crippen molar-refractivity contribution in [3.8, 4) is 0 Å². The Morgan fingerprint density at radius 3 is 2.67 bits per heavy atom. The quantitative estimate of drug-likeness (QED) is 0.413. The fraction of sp³-hybridized carbons (Fsp3) is 0.400. The molecule has 0 heterocycles. The Bertz CT molecular complexity index is 349. The maximum absolute atomic E-state index is 10.7. The molecule has 18 heavy (non-hydrogen) atoms. The van der Waals surface area contributed by atoms with E-state index < -0.39 is 0 Å². The Labute approximate surface area is 109 Å². The SMILES string of the molecule is C=CC(=O)OCCCNCCCc1ccccc1. The van der Waals surface area contributed by atoms with Crippen LogP contribution in [0.4, 0.5) is 0 Å². The highest BCUT2D eigenvalue weighted by molar-refractivity contribution is 5.81. The lowest BCUT2D eigenvalue weighted by Crippen LogP contribution is -2.19. The van der Waals surface area contributed by atoms with Gasteiger partial charge < -0.3 is 10.1 Å². The average molecular weight is 247 g/mol. The van der Waals surface area contributed by atoms with E-state index in [0.29, 0.717) is 6.61 Å². The van der Waals surface area contributed by atoms with Crippen LogP contribution < -0.4 is 5.32 Å². The molecule has 0 saturated carbocycles. The lowest BCUT2D eigenvalue weighted by Gasteiger charge is -2.05. The third-order valence-corrected chi connectivity index (χ3v) is 2.57. The Hall–Kier alpha value is -1.61. The highest BCUT2D eigenvalue weighted by Crippen LogP contribution is 2.01. The first-order valence-electron chi connectivity index (χ1n) is 6.37. The van der Waals surface area contributed by atoms with Gasteiger partial charge >= 0.3 is 5.97 Å². The number of rotatable bonds is 9. The summed E-state index contributed by atoms with van der Waals surface area (Å²) >= 11 is 0. The van der Waals surface area contributed by atoms with E-state index in [1.54, 1.807) is 0 Å². The van der Waals surface area contributed by atoms with Gasteiger partial charge in [-0.3, -0.25) is 0 Å². The second-order valence-electron chi connectivity index (χ2n) is 4.06. The summed E-state index contributed by atoms with van der Waals surface area (Å²) in [6.45, 7) is 5.66. The molecule has 0 aliphatic heterocycles. The number of hydrogen-bond donors (Lipinski definition) is 1. The van der Waals surface area contributed by atoms with Crippen LogP contribution in [0.2, 0.25) is 0 Å². The smallest absolute Gasteiger partial charge is 0.330 e. The number of carbonyl (C=O) groups is 1. The van der Waals surface area contributed by atoms with Gasteiger partial charge in [0.2, 0.25) is 0 Å². The van der Waals surface area contributed by atoms with Crippen molar-refractivity contribution in [2.45, 2.75) is 19.3 Å². The Balaban J connectivity index is 1.90. The van der Waals surface area contributed by atoms with Crippen molar-refractivity contribution in [2.24, 2.45) is 0 Å². The van der Waals surface area contributed by atoms with Gasteiger partial charge in [-0.25, -0.2) is 4.79 Å². The largest absolute Gasteiger partial charge is 0.462 e.